The van der Waals surface area contributed by atoms with Crippen LogP contribution in [0.25, 0.3) is 0 Å². The first-order chi connectivity index (χ1) is 11.5. The van der Waals surface area contributed by atoms with Gasteiger partial charge in [-0.3, -0.25) is 20.2 Å². The fourth-order valence-electron chi connectivity index (χ4n) is 2.34. The van der Waals surface area contributed by atoms with E-state index in [4.69, 9.17) is 11.6 Å². The number of carbonyl (C=O) groups excluding carboxylic acids is 2. The van der Waals surface area contributed by atoms with Crippen LogP contribution >= 0.6 is 27.5 Å². The van der Waals surface area contributed by atoms with Gasteiger partial charge in [-0.15, -0.1) is 0 Å². The Balaban J connectivity index is 1.80. The molecule has 1 atom stereocenters. The van der Waals surface area contributed by atoms with E-state index in [2.05, 4.69) is 31.6 Å². The van der Waals surface area contributed by atoms with Crippen molar-refractivity contribution in [1.29, 1.82) is 0 Å². The van der Waals surface area contributed by atoms with E-state index < -0.39 is 0 Å². The minimum absolute atomic E-state index is 0.143. The van der Waals surface area contributed by atoms with E-state index in [1.807, 2.05) is 24.3 Å². The largest absolute Gasteiger partial charge is 0.296 e. The van der Waals surface area contributed by atoms with Crippen LogP contribution in [0.4, 0.5) is 0 Å². The highest BCUT2D eigenvalue weighted by Gasteiger charge is 2.23. The van der Waals surface area contributed by atoms with Crippen molar-refractivity contribution in [1.82, 2.24) is 10.6 Å². The monoisotopic (exact) mass is 405 g/mol. The number of hydrogen-bond acceptors (Lipinski definition) is 3. The van der Waals surface area contributed by atoms with Crippen LogP contribution in [0.2, 0.25) is 5.02 Å². The van der Waals surface area contributed by atoms with Gasteiger partial charge in [0.15, 0.2) is 0 Å². The summed E-state index contributed by atoms with van der Waals surface area (Å²) in [6, 6.07) is 13.8. The number of hydrogen-bond donors (Lipinski definition) is 2. The highest BCUT2D eigenvalue weighted by Crippen LogP contribution is 2.25. The van der Waals surface area contributed by atoms with Crippen LogP contribution in [0.15, 0.2) is 58.0 Å². The average Bonchev–Trinajstić information content (AvgIpc) is 2.55. The van der Waals surface area contributed by atoms with Crippen LogP contribution in [0.5, 0.6) is 0 Å². The number of aliphatic imine (C=N–C) groups is 1. The van der Waals surface area contributed by atoms with Gasteiger partial charge in [0.2, 0.25) is 11.9 Å². The Kier molecular flexibility index (Phi) is 4.97. The quantitative estimate of drug-likeness (QED) is 0.802. The molecule has 5 nitrogen and oxygen atoms in total. The van der Waals surface area contributed by atoms with Crippen LogP contribution in [-0.2, 0) is 4.79 Å². The minimum Gasteiger partial charge on any atom is -0.296 e. The number of nitrogens with zero attached hydrogens (tertiary/aromatic N) is 1. The summed E-state index contributed by atoms with van der Waals surface area (Å²) in [6.45, 7) is 0. The Morgan fingerprint density at radius 3 is 2.71 bits per heavy atom. The van der Waals surface area contributed by atoms with E-state index in [-0.39, 0.29) is 30.2 Å². The molecule has 2 amide bonds. The molecular weight excluding hydrogens is 394 g/mol. The van der Waals surface area contributed by atoms with Crippen molar-refractivity contribution in [2.45, 2.75) is 12.5 Å². The summed E-state index contributed by atoms with van der Waals surface area (Å²) < 4.78 is 0.949. The number of guanidine groups is 1. The lowest BCUT2D eigenvalue weighted by molar-refractivity contribution is -0.120. The number of rotatable bonds is 2. The Morgan fingerprint density at radius 2 is 2.00 bits per heavy atom. The summed E-state index contributed by atoms with van der Waals surface area (Å²) >= 11 is 9.26. The molecule has 2 N–H and O–H groups in total. The van der Waals surface area contributed by atoms with Gasteiger partial charge in [0, 0.05) is 15.1 Å². The zero-order valence-corrected chi connectivity index (χ0v) is 14.8. The van der Waals surface area contributed by atoms with Crippen LogP contribution in [-0.4, -0.2) is 17.8 Å². The number of benzene rings is 2. The van der Waals surface area contributed by atoms with Gasteiger partial charge in [-0.2, -0.15) is 0 Å². The second-order valence-corrected chi connectivity index (χ2v) is 6.61. The smallest absolute Gasteiger partial charge is 0.258 e. The molecule has 24 heavy (non-hydrogen) atoms. The maximum absolute atomic E-state index is 12.3. The van der Waals surface area contributed by atoms with Crippen LogP contribution in [0.3, 0.4) is 0 Å². The highest BCUT2D eigenvalue weighted by molar-refractivity contribution is 9.10. The summed E-state index contributed by atoms with van der Waals surface area (Å²) in [4.78, 5) is 28.6. The molecule has 1 aliphatic heterocycles. The molecule has 0 aliphatic carbocycles. The van der Waals surface area contributed by atoms with E-state index in [0.29, 0.717) is 10.6 Å². The molecule has 7 heteroatoms. The van der Waals surface area contributed by atoms with Gasteiger partial charge >= 0.3 is 0 Å². The normalized spacial score (nSPS) is 17.0. The summed E-state index contributed by atoms with van der Waals surface area (Å²) in [5.74, 6) is -0.434. The Labute approximate surface area is 152 Å². The minimum atomic E-state index is -0.381. The number of halogens is 2. The zero-order valence-electron chi connectivity index (χ0n) is 12.4. The lowest BCUT2D eigenvalue weighted by atomic mass is 10.0. The molecule has 1 heterocycles. The molecule has 0 saturated carbocycles. The third kappa shape index (κ3) is 4.01. The van der Waals surface area contributed by atoms with Gasteiger partial charge in [-0.1, -0.05) is 45.7 Å². The maximum Gasteiger partial charge on any atom is 0.258 e. The van der Waals surface area contributed by atoms with E-state index in [0.717, 1.165) is 10.0 Å². The topological polar surface area (TPSA) is 70.6 Å². The average molecular weight is 407 g/mol. The number of nitrogens with one attached hydrogen (secondary N) is 2. The highest BCUT2D eigenvalue weighted by atomic mass is 79.9. The molecule has 2 aromatic rings. The predicted octanol–water partition coefficient (Wildman–Crippen LogP) is 3.45. The van der Waals surface area contributed by atoms with Crippen molar-refractivity contribution in [2.24, 2.45) is 4.99 Å². The first-order valence-electron chi connectivity index (χ1n) is 7.21. The summed E-state index contributed by atoms with van der Waals surface area (Å²) in [5.41, 5.74) is 1.30. The second-order valence-electron chi connectivity index (χ2n) is 5.26. The van der Waals surface area contributed by atoms with Crippen LogP contribution in [0.1, 0.15) is 28.4 Å². The first kappa shape index (κ1) is 16.7. The molecule has 3 rings (SSSR count). The molecule has 0 spiro atoms. The lowest BCUT2D eigenvalue weighted by Gasteiger charge is -2.21. The summed E-state index contributed by atoms with van der Waals surface area (Å²) in [7, 11) is 0. The molecule has 0 radical (unpaired) electrons. The molecule has 122 valence electrons. The Hall–Kier alpha value is -2.18. The van der Waals surface area contributed by atoms with Crippen molar-refractivity contribution >= 4 is 45.3 Å². The molecule has 0 aromatic heterocycles. The molecule has 0 bridgehead atoms. The maximum atomic E-state index is 12.3. The number of amides is 2. The first-order valence-corrected chi connectivity index (χ1v) is 8.38. The van der Waals surface area contributed by atoms with Crippen LogP contribution < -0.4 is 10.6 Å². The summed E-state index contributed by atoms with van der Waals surface area (Å²) in [5, 5.41) is 5.66. The van der Waals surface area contributed by atoms with E-state index >= 15 is 0 Å². The van der Waals surface area contributed by atoms with E-state index in [1.54, 1.807) is 24.3 Å². The predicted molar refractivity (Wildman–Crippen MR) is 96.0 cm³/mol. The Morgan fingerprint density at radius 1 is 1.25 bits per heavy atom. The van der Waals surface area contributed by atoms with Crippen molar-refractivity contribution in [3.8, 4) is 0 Å². The van der Waals surface area contributed by atoms with Crippen molar-refractivity contribution in [2.75, 3.05) is 0 Å². The fraction of sp³-hybridized carbons (Fsp3) is 0.118. The third-order valence-electron chi connectivity index (χ3n) is 3.50. The zero-order chi connectivity index (χ0) is 17.1. The van der Waals surface area contributed by atoms with Crippen LogP contribution in [0, 0.1) is 0 Å². The molecule has 0 fully saturated rings. The van der Waals surface area contributed by atoms with Gasteiger partial charge < -0.3 is 0 Å². The van der Waals surface area contributed by atoms with E-state index in [9.17, 15) is 9.59 Å². The lowest BCUT2D eigenvalue weighted by Crippen LogP contribution is -2.47. The molecule has 0 saturated heterocycles. The molecular formula is C17H13BrClN3O2. The van der Waals surface area contributed by atoms with Crippen molar-refractivity contribution in [3.63, 3.8) is 0 Å². The van der Waals surface area contributed by atoms with Gasteiger partial charge in [0.25, 0.3) is 5.91 Å². The van der Waals surface area contributed by atoms with Gasteiger partial charge in [-0.05, 0) is 35.9 Å². The van der Waals surface area contributed by atoms with E-state index in [1.165, 1.54) is 0 Å². The molecule has 1 aliphatic rings. The van der Waals surface area contributed by atoms with Crippen molar-refractivity contribution < 1.29 is 9.59 Å². The van der Waals surface area contributed by atoms with Gasteiger partial charge in [0.1, 0.15) is 0 Å². The second kappa shape index (κ2) is 7.15. The van der Waals surface area contributed by atoms with Gasteiger partial charge in [-0.25, -0.2) is 4.99 Å². The SMILES string of the molecule is O=C1CC(c2ccc(Br)cc2)N=C(NC(=O)c2cccc(Cl)c2)N1. The molecule has 1 unspecified atom stereocenters. The number of carbonyl (C=O) groups is 2. The molecule has 2 aromatic carbocycles. The fourth-order valence-corrected chi connectivity index (χ4v) is 2.80. The van der Waals surface area contributed by atoms with Crippen molar-refractivity contribution in [3.05, 3.63) is 69.2 Å². The summed E-state index contributed by atoms with van der Waals surface area (Å²) in [6.07, 6.45) is 0.234. The standard InChI is InChI=1S/C17H13BrClN3O2/c18-12-6-4-10(5-7-12)14-9-15(23)21-17(20-14)22-16(24)11-2-1-3-13(19)8-11/h1-8,14H,9H2,(H2,20,21,22,23,24). The van der Waals surface area contributed by atoms with Gasteiger partial charge in [0.05, 0.1) is 12.5 Å². The Bertz CT molecular complexity index is 821. The third-order valence-corrected chi connectivity index (χ3v) is 4.26.